The highest BCUT2D eigenvalue weighted by Crippen LogP contribution is 2.36. The zero-order chi connectivity index (χ0) is 20.4. The number of halogens is 4. The fraction of sp³-hybridized carbons (Fsp3) is 0.235. The van der Waals surface area contributed by atoms with Crippen LogP contribution in [0.1, 0.15) is 18.1 Å². The van der Waals surface area contributed by atoms with Gasteiger partial charge in [-0.25, -0.2) is 0 Å². The lowest BCUT2D eigenvalue weighted by Crippen LogP contribution is -2.31. The SMILES string of the molecule is Cc1cc(OC(C)C(=O)Nc2ccc(Cl)cc2C(F)(F)F)ccc1[N+](=O)[O-]. The second-order valence-corrected chi connectivity index (χ2v) is 6.08. The second kappa shape index (κ2) is 7.83. The predicted molar refractivity (Wildman–Crippen MR) is 93.0 cm³/mol. The summed E-state index contributed by atoms with van der Waals surface area (Å²) >= 11 is 5.59. The summed E-state index contributed by atoms with van der Waals surface area (Å²) < 4.78 is 44.6. The van der Waals surface area contributed by atoms with E-state index in [4.69, 9.17) is 16.3 Å². The molecule has 1 amide bonds. The Labute approximate surface area is 157 Å². The van der Waals surface area contributed by atoms with Crippen LogP contribution in [0.5, 0.6) is 5.75 Å². The molecule has 2 aromatic rings. The van der Waals surface area contributed by atoms with Crippen molar-refractivity contribution in [3.63, 3.8) is 0 Å². The minimum atomic E-state index is -4.70. The Kier molecular flexibility index (Phi) is 5.94. The van der Waals surface area contributed by atoms with Gasteiger partial charge in [-0.3, -0.25) is 14.9 Å². The van der Waals surface area contributed by atoms with Crippen LogP contribution in [0.25, 0.3) is 0 Å². The van der Waals surface area contributed by atoms with E-state index in [1.807, 2.05) is 0 Å². The molecule has 0 spiro atoms. The van der Waals surface area contributed by atoms with Gasteiger partial charge < -0.3 is 10.1 Å². The highest BCUT2D eigenvalue weighted by atomic mass is 35.5. The molecule has 2 aromatic carbocycles. The van der Waals surface area contributed by atoms with Crippen LogP contribution in [0.2, 0.25) is 5.02 Å². The van der Waals surface area contributed by atoms with Crippen LogP contribution >= 0.6 is 11.6 Å². The Balaban J connectivity index is 2.15. The molecular weight excluding hydrogens is 389 g/mol. The monoisotopic (exact) mass is 402 g/mol. The van der Waals surface area contributed by atoms with E-state index in [0.29, 0.717) is 11.6 Å². The molecule has 0 aliphatic carbocycles. The number of hydrogen-bond acceptors (Lipinski definition) is 4. The maximum atomic E-state index is 13.1. The first-order valence-electron chi connectivity index (χ1n) is 7.58. The third-order valence-electron chi connectivity index (χ3n) is 3.59. The molecule has 0 fully saturated rings. The highest BCUT2D eigenvalue weighted by molar-refractivity contribution is 6.30. The molecule has 6 nitrogen and oxygen atoms in total. The number of carbonyl (C=O) groups is 1. The predicted octanol–water partition coefficient (Wildman–Crippen LogP) is 4.98. The van der Waals surface area contributed by atoms with Gasteiger partial charge in [0, 0.05) is 16.7 Å². The fourth-order valence-corrected chi connectivity index (χ4v) is 2.43. The Hall–Kier alpha value is -2.81. The molecule has 144 valence electrons. The first kappa shape index (κ1) is 20.5. The van der Waals surface area contributed by atoms with Gasteiger partial charge in [-0.1, -0.05) is 11.6 Å². The number of amides is 1. The third-order valence-corrected chi connectivity index (χ3v) is 3.83. The molecule has 0 saturated heterocycles. The van der Waals surface area contributed by atoms with Crippen molar-refractivity contribution in [2.24, 2.45) is 0 Å². The molecule has 1 N–H and O–H groups in total. The van der Waals surface area contributed by atoms with Crippen LogP contribution in [-0.2, 0) is 11.0 Å². The summed E-state index contributed by atoms with van der Waals surface area (Å²) in [5, 5.41) is 12.8. The van der Waals surface area contributed by atoms with Crippen molar-refractivity contribution in [1.82, 2.24) is 0 Å². The molecule has 27 heavy (non-hydrogen) atoms. The maximum absolute atomic E-state index is 13.1. The van der Waals surface area contributed by atoms with Crippen LogP contribution in [-0.4, -0.2) is 16.9 Å². The zero-order valence-electron chi connectivity index (χ0n) is 14.1. The quantitative estimate of drug-likeness (QED) is 0.564. The number of aryl methyl sites for hydroxylation is 1. The number of nitrogens with one attached hydrogen (secondary N) is 1. The Bertz CT molecular complexity index is 887. The number of nitro benzene ring substituents is 1. The maximum Gasteiger partial charge on any atom is 0.418 e. The van der Waals surface area contributed by atoms with Crippen LogP contribution in [0.4, 0.5) is 24.5 Å². The van der Waals surface area contributed by atoms with E-state index >= 15 is 0 Å². The largest absolute Gasteiger partial charge is 0.481 e. The number of anilines is 1. The van der Waals surface area contributed by atoms with Gasteiger partial charge in [-0.05, 0) is 44.2 Å². The minimum absolute atomic E-state index is 0.115. The van der Waals surface area contributed by atoms with Crippen LogP contribution < -0.4 is 10.1 Å². The summed E-state index contributed by atoms with van der Waals surface area (Å²) in [6.45, 7) is 2.84. The van der Waals surface area contributed by atoms with Gasteiger partial charge in [0.15, 0.2) is 6.10 Å². The van der Waals surface area contributed by atoms with E-state index in [-0.39, 0.29) is 16.5 Å². The first-order chi connectivity index (χ1) is 12.5. The number of nitrogens with zero attached hydrogens (tertiary/aromatic N) is 1. The molecule has 0 aliphatic heterocycles. The fourth-order valence-electron chi connectivity index (χ4n) is 2.26. The van der Waals surface area contributed by atoms with E-state index in [1.165, 1.54) is 38.1 Å². The van der Waals surface area contributed by atoms with Crippen molar-refractivity contribution in [3.8, 4) is 5.75 Å². The standard InChI is InChI=1S/C17H14ClF3N2O4/c1-9-7-12(4-6-15(9)23(25)26)27-10(2)16(24)22-14-5-3-11(18)8-13(14)17(19,20)21/h3-8,10H,1-2H3,(H,22,24). The number of benzene rings is 2. The number of ether oxygens (including phenoxy) is 1. The summed E-state index contributed by atoms with van der Waals surface area (Å²) in [4.78, 5) is 22.4. The minimum Gasteiger partial charge on any atom is -0.481 e. The van der Waals surface area contributed by atoms with Crippen molar-refractivity contribution in [2.45, 2.75) is 26.1 Å². The summed E-state index contributed by atoms with van der Waals surface area (Å²) in [6, 6.07) is 6.87. The van der Waals surface area contributed by atoms with Crippen molar-refractivity contribution >= 4 is 28.9 Å². The molecule has 0 aromatic heterocycles. The number of alkyl halides is 3. The lowest BCUT2D eigenvalue weighted by molar-refractivity contribution is -0.385. The number of carbonyl (C=O) groups excluding carboxylic acids is 1. The molecule has 1 unspecified atom stereocenters. The van der Waals surface area contributed by atoms with Gasteiger partial charge in [0.2, 0.25) is 0 Å². The topological polar surface area (TPSA) is 81.5 Å². The normalized spacial score (nSPS) is 12.4. The molecule has 10 heteroatoms. The molecule has 2 rings (SSSR count). The molecule has 0 aliphatic rings. The van der Waals surface area contributed by atoms with E-state index in [2.05, 4.69) is 5.32 Å². The molecule has 0 saturated carbocycles. The number of hydrogen-bond donors (Lipinski definition) is 1. The van der Waals surface area contributed by atoms with Gasteiger partial charge in [0.1, 0.15) is 5.75 Å². The summed E-state index contributed by atoms with van der Waals surface area (Å²) in [7, 11) is 0. The summed E-state index contributed by atoms with van der Waals surface area (Å²) in [5.41, 5.74) is -1.33. The van der Waals surface area contributed by atoms with Gasteiger partial charge in [-0.15, -0.1) is 0 Å². The highest BCUT2D eigenvalue weighted by Gasteiger charge is 2.34. The van der Waals surface area contributed by atoms with Crippen molar-refractivity contribution < 1.29 is 27.6 Å². The van der Waals surface area contributed by atoms with Crippen LogP contribution in [0.3, 0.4) is 0 Å². The van der Waals surface area contributed by atoms with E-state index in [1.54, 1.807) is 0 Å². The van der Waals surface area contributed by atoms with Crippen LogP contribution in [0, 0.1) is 17.0 Å². The summed E-state index contributed by atoms with van der Waals surface area (Å²) in [5.74, 6) is -0.647. The molecular formula is C17H14ClF3N2O4. The average molecular weight is 403 g/mol. The Morgan fingerprint density at radius 1 is 1.26 bits per heavy atom. The van der Waals surface area contributed by atoms with Crippen molar-refractivity contribution in [1.29, 1.82) is 0 Å². The number of rotatable bonds is 5. The van der Waals surface area contributed by atoms with Crippen molar-refractivity contribution in [3.05, 3.63) is 62.7 Å². The Morgan fingerprint density at radius 2 is 1.93 bits per heavy atom. The smallest absolute Gasteiger partial charge is 0.418 e. The molecule has 0 radical (unpaired) electrons. The second-order valence-electron chi connectivity index (χ2n) is 5.64. The van der Waals surface area contributed by atoms with Gasteiger partial charge in [0.25, 0.3) is 11.6 Å². The van der Waals surface area contributed by atoms with Gasteiger partial charge in [-0.2, -0.15) is 13.2 Å². The third kappa shape index (κ3) is 5.10. The van der Waals surface area contributed by atoms with Crippen LogP contribution in [0.15, 0.2) is 36.4 Å². The van der Waals surface area contributed by atoms with E-state index in [0.717, 1.165) is 6.07 Å². The van der Waals surface area contributed by atoms with E-state index < -0.39 is 34.4 Å². The average Bonchev–Trinajstić information content (AvgIpc) is 2.55. The lowest BCUT2D eigenvalue weighted by Gasteiger charge is -2.18. The lowest BCUT2D eigenvalue weighted by atomic mass is 10.1. The van der Waals surface area contributed by atoms with Crippen molar-refractivity contribution in [2.75, 3.05) is 5.32 Å². The number of nitro groups is 1. The zero-order valence-corrected chi connectivity index (χ0v) is 14.9. The molecule has 1 atom stereocenters. The summed E-state index contributed by atoms with van der Waals surface area (Å²) in [6.07, 6.45) is -5.85. The van der Waals surface area contributed by atoms with E-state index in [9.17, 15) is 28.1 Å². The molecule has 0 bridgehead atoms. The Morgan fingerprint density at radius 3 is 2.48 bits per heavy atom. The molecule has 0 heterocycles. The first-order valence-corrected chi connectivity index (χ1v) is 7.96. The van der Waals surface area contributed by atoms with Gasteiger partial charge in [0.05, 0.1) is 16.2 Å². The van der Waals surface area contributed by atoms with Gasteiger partial charge >= 0.3 is 6.18 Å².